The normalized spacial score (nSPS) is 12.8. The van der Waals surface area contributed by atoms with E-state index in [2.05, 4.69) is 48.0 Å². The predicted octanol–water partition coefficient (Wildman–Crippen LogP) is 6.08. The Bertz CT molecular complexity index is 837. The van der Waals surface area contributed by atoms with Crippen molar-refractivity contribution in [3.05, 3.63) is 65.2 Å². The minimum atomic E-state index is -2.91. The number of halogens is 2. The fraction of sp³-hybridized carbons (Fsp3) is 0.478. The van der Waals surface area contributed by atoms with Crippen molar-refractivity contribution in [2.45, 2.75) is 56.4 Å². The molecule has 0 aromatic heterocycles. The summed E-state index contributed by atoms with van der Waals surface area (Å²) in [5.41, 5.74) is 1.68. The molecule has 8 heteroatoms. The van der Waals surface area contributed by atoms with Gasteiger partial charge in [0.05, 0.1) is 6.61 Å². The summed E-state index contributed by atoms with van der Waals surface area (Å²) in [4.78, 5) is 8.90. The first-order chi connectivity index (χ1) is 14.8. The molecular weight excluding hydrogens is 439 g/mol. The van der Waals surface area contributed by atoms with Crippen LogP contribution in [0.3, 0.4) is 0 Å². The van der Waals surface area contributed by atoms with Crippen LogP contribution in [0.25, 0.3) is 0 Å². The number of benzene rings is 2. The molecule has 4 nitrogen and oxygen atoms in total. The number of unbranched alkanes of at least 4 members (excludes halogenated alkanes) is 1. The molecule has 2 aromatic rings. The van der Waals surface area contributed by atoms with Crippen LogP contribution in [0.4, 0.5) is 8.78 Å². The fourth-order valence-corrected chi connectivity index (χ4v) is 4.55. The topological polar surface area (TPSA) is 58.6 Å². The summed E-state index contributed by atoms with van der Waals surface area (Å²) in [5.74, 6) is -0.0967. The van der Waals surface area contributed by atoms with E-state index in [-0.39, 0.29) is 24.1 Å². The molecule has 0 bridgehead atoms. The Morgan fingerprint density at radius 2 is 1.84 bits per heavy atom. The minimum absolute atomic E-state index is 0.0975. The van der Waals surface area contributed by atoms with Gasteiger partial charge in [0.15, 0.2) is 0 Å². The van der Waals surface area contributed by atoms with E-state index in [4.69, 9.17) is 4.89 Å². The SMILES string of the molecule is CC(C)(CCCCSc1cc(F)c(CNCCCO[PH](=O)O)cc1F)c1ccccc1. The van der Waals surface area contributed by atoms with Gasteiger partial charge in [0, 0.05) is 17.0 Å². The summed E-state index contributed by atoms with van der Waals surface area (Å²) in [6, 6.07) is 12.9. The number of rotatable bonds is 14. The molecule has 2 aromatic carbocycles. The second-order valence-corrected chi connectivity index (χ2v) is 10.0. The lowest BCUT2D eigenvalue weighted by Crippen LogP contribution is -2.17. The molecule has 2 rings (SSSR count). The summed E-state index contributed by atoms with van der Waals surface area (Å²) in [5, 5.41) is 2.98. The lowest BCUT2D eigenvalue weighted by Gasteiger charge is -2.25. The van der Waals surface area contributed by atoms with Crippen LogP contribution in [0.1, 0.15) is 50.7 Å². The Balaban J connectivity index is 1.72. The van der Waals surface area contributed by atoms with E-state index in [1.54, 1.807) is 0 Å². The zero-order chi connectivity index (χ0) is 22.7. The highest BCUT2D eigenvalue weighted by molar-refractivity contribution is 7.99. The van der Waals surface area contributed by atoms with Crippen LogP contribution in [-0.2, 0) is 21.0 Å². The summed E-state index contributed by atoms with van der Waals surface area (Å²) >= 11 is 1.35. The third-order valence-corrected chi connectivity index (χ3v) is 6.72. The van der Waals surface area contributed by atoms with Crippen LogP contribution in [-0.4, -0.2) is 23.8 Å². The largest absolute Gasteiger partial charge is 0.326 e. The number of thioether (sulfide) groups is 1. The minimum Gasteiger partial charge on any atom is -0.326 e. The molecule has 0 heterocycles. The van der Waals surface area contributed by atoms with Crippen molar-refractivity contribution in [2.75, 3.05) is 18.9 Å². The highest BCUT2D eigenvalue weighted by Crippen LogP contribution is 2.30. The molecule has 0 fully saturated rings. The summed E-state index contributed by atoms with van der Waals surface area (Å²) in [6.07, 6.45) is 3.51. The molecule has 0 aliphatic rings. The maximum Gasteiger partial charge on any atom is 0.316 e. The lowest BCUT2D eigenvalue weighted by molar-refractivity contribution is 0.276. The van der Waals surface area contributed by atoms with Gasteiger partial charge in [-0.05, 0) is 54.7 Å². The zero-order valence-electron chi connectivity index (χ0n) is 18.1. The van der Waals surface area contributed by atoms with Crippen LogP contribution < -0.4 is 5.32 Å². The molecule has 0 radical (unpaired) electrons. The maximum atomic E-state index is 14.4. The first-order valence-electron chi connectivity index (χ1n) is 10.5. The van der Waals surface area contributed by atoms with Crippen molar-refractivity contribution in [2.24, 2.45) is 0 Å². The second-order valence-electron chi connectivity index (χ2n) is 8.07. The lowest BCUT2D eigenvalue weighted by atomic mass is 9.80. The van der Waals surface area contributed by atoms with Gasteiger partial charge >= 0.3 is 8.25 Å². The van der Waals surface area contributed by atoms with E-state index < -0.39 is 19.9 Å². The number of hydrogen-bond donors (Lipinski definition) is 2. The van der Waals surface area contributed by atoms with Crippen molar-refractivity contribution in [3.63, 3.8) is 0 Å². The van der Waals surface area contributed by atoms with Gasteiger partial charge in [0.2, 0.25) is 0 Å². The maximum absolute atomic E-state index is 14.4. The van der Waals surface area contributed by atoms with Gasteiger partial charge < -0.3 is 14.7 Å². The standard InChI is InChI=1S/C23H32F2NO3PS/c1-23(2,19-9-4-3-5-10-19)11-6-7-14-31-22-16-20(24)18(15-21(22)25)17-26-12-8-13-29-30(27)28/h3-5,9-10,15-16,26,30H,6-8,11-14,17H2,1-2H3,(H,27,28). The average Bonchev–Trinajstić information content (AvgIpc) is 2.73. The first kappa shape index (κ1) is 26.0. The summed E-state index contributed by atoms with van der Waals surface area (Å²) in [7, 11) is -2.91. The second kappa shape index (κ2) is 13.3. The van der Waals surface area contributed by atoms with E-state index in [1.807, 2.05) is 6.07 Å². The average molecular weight is 472 g/mol. The van der Waals surface area contributed by atoms with Crippen LogP contribution in [0.5, 0.6) is 0 Å². The third-order valence-electron chi connectivity index (χ3n) is 5.15. The molecule has 31 heavy (non-hydrogen) atoms. The van der Waals surface area contributed by atoms with Crippen LogP contribution in [0, 0.1) is 11.6 Å². The Labute approximate surface area is 188 Å². The molecule has 1 unspecified atom stereocenters. The molecule has 0 saturated heterocycles. The van der Waals surface area contributed by atoms with Gasteiger partial charge in [0.1, 0.15) is 11.6 Å². The highest BCUT2D eigenvalue weighted by atomic mass is 32.2. The van der Waals surface area contributed by atoms with Crippen LogP contribution in [0.15, 0.2) is 47.4 Å². The molecular formula is C23H32F2NO3PS. The Morgan fingerprint density at radius 1 is 1.10 bits per heavy atom. The van der Waals surface area contributed by atoms with Gasteiger partial charge in [-0.1, -0.05) is 50.6 Å². The van der Waals surface area contributed by atoms with Crippen LogP contribution >= 0.6 is 20.0 Å². The Morgan fingerprint density at radius 3 is 2.55 bits per heavy atom. The van der Waals surface area contributed by atoms with E-state index in [1.165, 1.54) is 29.5 Å². The van der Waals surface area contributed by atoms with Crippen molar-refractivity contribution >= 4 is 20.0 Å². The van der Waals surface area contributed by atoms with E-state index in [0.29, 0.717) is 17.9 Å². The molecule has 0 amide bonds. The molecule has 0 aliphatic carbocycles. The van der Waals surface area contributed by atoms with Crippen molar-refractivity contribution in [1.82, 2.24) is 5.32 Å². The molecule has 2 N–H and O–H groups in total. The van der Waals surface area contributed by atoms with E-state index >= 15 is 0 Å². The van der Waals surface area contributed by atoms with Gasteiger partial charge in [-0.25, -0.2) is 8.78 Å². The molecule has 1 atom stereocenters. The monoisotopic (exact) mass is 471 g/mol. The Hall–Kier alpha value is -1.24. The molecule has 172 valence electrons. The van der Waals surface area contributed by atoms with Gasteiger partial charge in [-0.2, -0.15) is 0 Å². The summed E-state index contributed by atoms with van der Waals surface area (Å²) < 4.78 is 43.7. The van der Waals surface area contributed by atoms with E-state index in [9.17, 15) is 13.3 Å². The number of hydrogen-bond acceptors (Lipinski definition) is 4. The number of nitrogens with one attached hydrogen (secondary N) is 1. The van der Waals surface area contributed by atoms with Gasteiger partial charge in [-0.15, -0.1) is 11.8 Å². The summed E-state index contributed by atoms with van der Waals surface area (Å²) in [6.45, 7) is 5.29. The molecule has 0 spiro atoms. The van der Waals surface area contributed by atoms with Gasteiger partial charge in [0.25, 0.3) is 0 Å². The van der Waals surface area contributed by atoms with Crippen LogP contribution in [0.2, 0.25) is 0 Å². The first-order valence-corrected chi connectivity index (χ1v) is 12.8. The quantitative estimate of drug-likeness (QED) is 0.199. The third kappa shape index (κ3) is 9.42. The van der Waals surface area contributed by atoms with Crippen molar-refractivity contribution in [1.29, 1.82) is 0 Å². The fourth-order valence-electron chi connectivity index (χ4n) is 3.28. The smallest absolute Gasteiger partial charge is 0.316 e. The van der Waals surface area contributed by atoms with Gasteiger partial charge in [-0.3, -0.25) is 4.57 Å². The Kier molecular flexibility index (Phi) is 11.2. The molecule has 0 saturated carbocycles. The van der Waals surface area contributed by atoms with E-state index in [0.717, 1.165) is 25.0 Å². The molecule has 0 aliphatic heterocycles. The van der Waals surface area contributed by atoms with Crippen molar-refractivity contribution in [3.8, 4) is 0 Å². The van der Waals surface area contributed by atoms with Crippen molar-refractivity contribution < 1.29 is 22.8 Å². The highest BCUT2D eigenvalue weighted by Gasteiger charge is 2.19. The predicted molar refractivity (Wildman–Crippen MR) is 124 cm³/mol. The zero-order valence-corrected chi connectivity index (χ0v) is 19.9.